The number of nitrogens with zero attached hydrogens (tertiary/aromatic N) is 2. The van der Waals surface area contributed by atoms with E-state index >= 15 is 0 Å². The zero-order valence-electron chi connectivity index (χ0n) is 17.2. The number of guanidine groups is 1. The molecule has 1 aliphatic rings. The second-order valence-electron chi connectivity index (χ2n) is 7.46. The van der Waals surface area contributed by atoms with Gasteiger partial charge < -0.3 is 15.8 Å². The second-order valence-corrected chi connectivity index (χ2v) is 7.46. The zero-order chi connectivity index (χ0) is 19.6. The van der Waals surface area contributed by atoms with Gasteiger partial charge in [0.1, 0.15) is 5.75 Å². The predicted octanol–water partition coefficient (Wildman–Crippen LogP) is 3.67. The summed E-state index contributed by atoms with van der Waals surface area (Å²) in [5, 5.41) is 3.23. The fraction of sp³-hybridized carbons (Fsp3) is 0.435. The van der Waals surface area contributed by atoms with Gasteiger partial charge in [-0.2, -0.15) is 0 Å². The molecule has 6 heteroatoms. The number of benzene rings is 2. The van der Waals surface area contributed by atoms with Crippen LogP contribution in [0.1, 0.15) is 24.0 Å². The second kappa shape index (κ2) is 12.7. The lowest BCUT2D eigenvalue weighted by atomic mass is 9.96. The first-order chi connectivity index (χ1) is 13.7. The number of nitrogens with two attached hydrogens (primary N) is 1. The predicted molar refractivity (Wildman–Crippen MR) is 131 cm³/mol. The van der Waals surface area contributed by atoms with E-state index in [1.807, 2.05) is 18.2 Å². The van der Waals surface area contributed by atoms with Crippen LogP contribution in [-0.2, 0) is 13.0 Å². The Balaban J connectivity index is 0.00000300. The summed E-state index contributed by atoms with van der Waals surface area (Å²) in [7, 11) is 1.70. The van der Waals surface area contributed by atoms with Gasteiger partial charge in [-0.15, -0.1) is 24.0 Å². The molecule has 5 nitrogen and oxygen atoms in total. The Hall–Kier alpha value is -1.80. The molecule has 0 amide bonds. The van der Waals surface area contributed by atoms with Crippen molar-refractivity contribution in [3.05, 3.63) is 65.7 Å². The zero-order valence-corrected chi connectivity index (χ0v) is 19.5. The van der Waals surface area contributed by atoms with E-state index in [-0.39, 0.29) is 24.0 Å². The molecule has 2 aromatic rings. The lowest BCUT2D eigenvalue weighted by molar-refractivity contribution is 0.180. The minimum Gasteiger partial charge on any atom is -0.497 e. The number of ether oxygens (including phenoxy) is 1. The van der Waals surface area contributed by atoms with E-state index in [9.17, 15) is 0 Å². The van der Waals surface area contributed by atoms with Crippen LogP contribution in [0.3, 0.4) is 0 Å². The molecular formula is C23H33IN4O. The van der Waals surface area contributed by atoms with Gasteiger partial charge in [-0.05, 0) is 61.5 Å². The van der Waals surface area contributed by atoms with Crippen LogP contribution in [0.4, 0.5) is 0 Å². The summed E-state index contributed by atoms with van der Waals surface area (Å²) in [5.74, 6) is 2.11. The van der Waals surface area contributed by atoms with Gasteiger partial charge in [0.2, 0.25) is 0 Å². The van der Waals surface area contributed by atoms with Gasteiger partial charge in [0, 0.05) is 19.6 Å². The van der Waals surface area contributed by atoms with Crippen LogP contribution in [-0.4, -0.2) is 44.1 Å². The topological polar surface area (TPSA) is 62.9 Å². The third kappa shape index (κ3) is 8.22. The molecule has 3 rings (SSSR count). The Morgan fingerprint density at radius 2 is 1.76 bits per heavy atom. The van der Waals surface area contributed by atoms with Gasteiger partial charge in [-0.1, -0.05) is 42.5 Å². The molecule has 0 spiro atoms. The number of halogens is 1. The van der Waals surface area contributed by atoms with Crippen LogP contribution < -0.4 is 15.8 Å². The molecule has 1 saturated heterocycles. The fourth-order valence-electron chi connectivity index (χ4n) is 3.58. The first kappa shape index (κ1) is 23.5. The lowest BCUT2D eigenvalue weighted by Crippen LogP contribution is -2.36. The summed E-state index contributed by atoms with van der Waals surface area (Å²) in [4.78, 5) is 7.08. The molecule has 0 bridgehead atoms. The minimum absolute atomic E-state index is 0. The van der Waals surface area contributed by atoms with E-state index in [0.29, 0.717) is 11.9 Å². The van der Waals surface area contributed by atoms with Gasteiger partial charge in [-0.3, -0.25) is 9.89 Å². The summed E-state index contributed by atoms with van der Waals surface area (Å²) in [6, 6.07) is 18.8. The highest BCUT2D eigenvalue weighted by Gasteiger charge is 2.19. The molecule has 1 heterocycles. The van der Waals surface area contributed by atoms with E-state index in [1.165, 1.54) is 24.0 Å². The highest BCUT2D eigenvalue weighted by Crippen LogP contribution is 2.20. The Morgan fingerprint density at radius 3 is 2.41 bits per heavy atom. The molecule has 0 aliphatic carbocycles. The molecule has 0 radical (unpaired) electrons. The molecule has 3 N–H and O–H groups in total. The van der Waals surface area contributed by atoms with E-state index in [1.54, 1.807) is 7.11 Å². The van der Waals surface area contributed by atoms with Crippen molar-refractivity contribution >= 4 is 29.9 Å². The molecule has 0 atom stereocenters. The van der Waals surface area contributed by atoms with Gasteiger partial charge >= 0.3 is 0 Å². The van der Waals surface area contributed by atoms with Crippen LogP contribution in [0.5, 0.6) is 5.75 Å². The fourth-order valence-corrected chi connectivity index (χ4v) is 3.58. The van der Waals surface area contributed by atoms with Crippen LogP contribution in [0.2, 0.25) is 0 Å². The average molecular weight is 508 g/mol. The maximum atomic E-state index is 6.03. The van der Waals surface area contributed by atoms with Crippen molar-refractivity contribution in [3.63, 3.8) is 0 Å². The lowest BCUT2D eigenvalue weighted by Gasteiger charge is -2.31. The summed E-state index contributed by atoms with van der Waals surface area (Å²) in [5.41, 5.74) is 8.68. The highest BCUT2D eigenvalue weighted by molar-refractivity contribution is 14.0. The maximum Gasteiger partial charge on any atom is 0.188 e. The molecule has 1 fully saturated rings. The molecule has 158 valence electrons. The van der Waals surface area contributed by atoms with Crippen LogP contribution in [0.25, 0.3) is 0 Å². The first-order valence-corrected chi connectivity index (χ1v) is 10.2. The molecule has 2 aromatic carbocycles. The third-order valence-corrected chi connectivity index (χ3v) is 5.35. The molecular weight excluding hydrogens is 475 g/mol. The smallest absolute Gasteiger partial charge is 0.188 e. The normalized spacial score (nSPS) is 15.6. The highest BCUT2D eigenvalue weighted by atomic mass is 127. The Bertz CT molecular complexity index is 728. The van der Waals surface area contributed by atoms with Crippen molar-refractivity contribution in [2.45, 2.75) is 25.8 Å². The quantitative estimate of drug-likeness (QED) is 0.325. The largest absolute Gasteiger partial charge is 0.497 e. The van der Waals surface area contributed by atoms with Crippen molar-refractivity contribution in [1.82, 2.24) is 10.2 Å². The monoisotopic (exact) mass is 508 g/mol. The summed E-state index contributed by atoms with van der Waals surface area (Å²) >= 11 is 0. The van der Waals surface area contributed by atoms with Crippen molar-refractivity contribution in [3.8, 4) is 5.75 Å². The number of rotatable bonds is 8. The number of likely N-dealkylation sites (tertiary alicyclic amines) is 1. The Kier molecular flexibility index (Phi) is 10.3. The first-order valence-electron chi connectivity index (χ1n) is 10.2. The van der Waals surface area contributed by atoms with E-state index in [4.69, 9.17) is 10.5 Å². The summed E-state index contributed by atoms with van der Waals surface area (Å²) in [6.45, 7) is 4.88. The number of hydrogen-bond acceptors (Lipinski definition) is 3. The minimum atomic E-state index is 0. The standard InChI is InChI=1S/C23H32N4O.HI/c1-28-22-9-7-21(8-10-22)18-27-15-12-20(13-16-27)17-26-23(24)25-14-11-19-5-3-2-4-6-19;/h2-10,20H,11-18H2,1H3,(H3,24,25,26);1H. The van der Waals surface area contributed by atoms with Crippen molar-refractivity contribution in [2.75, 3.05) is 33.3 Å². The van der Waals surface area contributed by atoms with E-state index in [0.717, 1.165) is 44.9 Å². The molecule has 1 aliphatic heterocycles. The van der Waals surface area contributed by atoms with Gasteiger partial charge in [-0.25, -0.2) is 0 Å². The third-order valence-electron chi connectivity index (χ3n) is 5.35. The Labute approximate surface area is 191 Å². The van der Waals surface area contributed by atoms with Crippen molar-refractivity contribution in [1.29, 1.82) is 0 Å². The Morgan fingerprint density at radius 1 is 1.07 bits per heavy atom. The molecule has 0 unspecified atom stereocenters. The van der Waals surface area contributed by atoms with Gasteiger partial charge in [0.15, 0.2) is 5.96 Å². The number of hydrogen-bond donors (Lipinski definition) is 2. The van der Waals surface area contributed by atoms with Crippen LogP contribution in [0.15, 0.2) is 59.6 Å². The maximum absolute atomic E-state index is 6.03. The van der Waals surface area contributed by atoms with E-state index in [2.05, 4.69) is 51.6 Å². The summed E-state index contributed by atoms with van der Waals surface area (Å²) in [6.07, 6.45) is 3.31. The number of methoxy groups -OCH3 is 1. The molecule has 0 saturated carbocycles. The van der Waals surface area contributed by atoms with Crippen LogP contribution >= 0.6 is 24.0 Å². The number of aliphatic imine (C=N–C) groups is 1. The van der Waals surface area contributed by atoms with Crippen molar-refractivity contribution in [2.24, 2.45) is 16.6 Å². The SMILES string of the molecule is COc1ccc(CN2CCC(CN=C(N)NCCc3ccccc3)CC2)cc1.I. The molecule has 0 aromatic heterocycles. The number of nitrogens with one attached hydrogen (secondary N) is 1. The molecule has 29 heavy (non-hydrogen) atoms. The van der Waals surface area contributed by atoms with Gasteiger partial charge in [0.25, 0.3) is 0 Å². The van der Waals surface area contributed by atoms with Crippen LogP contribution in [0, 0.1) is 5.92 Å². The number of piperidine rings is 1. The average Bonchev–Trinajstić information content (AvgIpc) is 2.74. The van der Waals surface area contributed by atoms with Crippen molar-refractivity contribution < 1.29 is 4.74 Å². The van der Waals surface area contributed by atoms with E-state index < -0.39 is 0 Å². The van der Waals surface area contributed by atoms with Gasteiger partial charge in [0.05, 0.1) is 7.11 Å². The summed E-state index contributed by atoms with van der Waals surface area (Å²) < 4.78 is 5.22.